The molecule has 2 aliphatic rings. The molecular formula is C52H36N2. The molecule has 2 aromatic heterocycles. The molecule has 0 fully saturated rings. The molecule has 0 bridgehead atoms. The molecule has 0 saturated heterocycles. The van der Waals surface area contributed by atoms with Crippen molar-refractivity contribution in [1.29, 1.82) is 0 Å². The van der Waals surface area contributed by atoms with E-state index in [-0.39, 0.29) is 5.41 Å². The van der Waals surface area contributed by atoms with E-state index >= 15 is 0 Å². The van der Waals surface area contributed by atoms with Gasteiger partial charge in [0, 0.05) is 44.8 Å². The highest BCUT2D eigenvalue weighted by atomic mass is 15.0. The smallest absolute Gasteiger partial charge is 0.0582 e. The SMILES string of the molecule is CC1(C)c2ccccc2-c2ccc(-n3c4ccc(-c5ccc(-n6c7ccccc7c7ccccc76)cc5)cc4c4ccc5c(c43)Cc3ccccc3-5)cc21. The third-order valence-electron chi connectivity index (χ3n) is 12.6. The number of hydrogen-bond donors (Lipinski definition) is 0. The second kappa shape index (κ2) is 10.7. The summed E-state index contributed by atoms with van der Waals surface area (Å²) in [5, 5.41) is 5.16. The van der Waals surface area contributed by atoms with Gasteiger partial charge in [-0.15, -0.1) is 0 Å². The van der Waals surface area contributed by atoms with Gasteiger partial charge in [0.15, 0.2) is 0 Å². The second-order valence-electron chi connectivity index (χ2n) is 15.7. The highest BCUT2D eigenvalue weighted by Crippen LogP contribution is 2.50. The highest BCUT2D eigenvalue weighted by Gasteiger charge is 2.35. The molecule has 0 aliphatic heterocycles. The van der Waals surface area contributed by atoms with E-state index in [0.29, 0.717) is 0 Å². The lowest BCUT2D eigenvalue weighted by Crippen LogP contribution is -2.15. The standard InChI is InChI=1S/C52H36N2/c1-52(2)46-16-8-5-13-39(46)40-25-24-36(31-47(40)52)54-50-28-21-33(29-44(50)43-27-26-38-37-12-4-3-11-34(37)30-45(38)51(43)54)32-19-22-35(23-20-32)53-48-17-9-6-14-41(48)42-15-7-10-18-49(42)53/h3-29,31H,30H2,1-2H3. The third kappa shape index (κ3) is 3.95. The molecule has 0 saturated carbocycles. The minimum atomic E-state index is -0.0720. The summed E-state index contributed by atoms with van der Waals surface area (Å²) in [4.78, 5) is 0. The lowest BCUT2D eigenvalue weighted by molar-refractivity contribution is 0.660. The molecule has 2 heteroatoms. The Bertz CT molecular complexity index is 3150. The maximum Gasteiger partial charge on any atom is 0.0582 e. The summed E-state index contributed by atoms with van der Waals surface area (Å²) in [7, 11) is 0. The maximum atomic E-state index is 2.56. The van der Waals surface area contributed by atoms with Crippen molar-refractivity contribution in [2.24, 2.45) is 0 Å². The Morgan fingerprint density at radius 2 is 1.02 bits per heavy atom. The molecule has 2 heterocycles. The molecule has 54 heavy (non-hydrogen) atoms. The van der Waals surface area contributed by atoms with E-state index in [1.165, 1.54) is 111 Å². The second-order valence-corrected chi connectivity index (χ2v) is 15.7. The third-order valence-corrected chi connectivity index (χ3v) is 12.6. The summed E-state index contributed by atoms with van der Waals surface area (Å²) in [6.45, 7) is 4.75. The molecule has 0 radical (unpaired) electrons. The Balaban J connectivity index is 1.04. The zero-order valence-corrected chi connectivity index (χ0v) is 30.3. The topological polar surface area (TPSA) is 9.86 Å². The number of rotatable bonds is 3. The average Bonchev–Trinajstić information content (AvgIpc) is 3.93. The fourth-order valence-electron chi connectivity index (χ4n) is 10.0. The molecule has 0 spiro atoms. The summed E-state index contributed by atoms with van der Waals surface area (Å²) in [6.07, 6.45) is 0.943. The number of aromatic nitrogens is 2. The fraction of sp³-hybridized carbons (Fsp3) is 0.0769. The Morgan fingerprint density at radius 3 is 1.81 bits per heavy atom. The Labute approximate surface area is 314 Å². The van der Waals surface area contributed by atoms with E-state index in [2.05, 4.69) is 193 Å². The van der Waals surface area contributed by atoms with Crippen molar-refractivity contribution < 1.29 is 0 Å². The largest absolute Gasteiger partial charge is 0.309 e. The molecule has 0 amide bonds. The van der Waals surface area contributed by atoms with E-state index in [9.17, 15) is 0 Å². The molecule has 12 rings (SSSR count). The normalized spacial score (nSPS) is 13.8. The van der Waals surface area contributed by atoms with Crippen molar-refractivity contribution in [1.82, 2.24) is 9.13 Å². The van der Waals surface area contributed by atoms with Crippen LogP contribution in [-0.4, -0.2) is 9.13 Å². The zero-order chi connectivity index (χ0) is 35.7. The molecule has 0 unspecified atom stereocenters. The summed E-state index contributed by atoms with van der Waals surface area (Å²) in [6, 6.07) is 63.4. The van der Waals surface area contributed by atoms with E-state index in [4.69, 9.17) is 0 Å². The van der Waals surface area contributed by atoms with Crippen LogP contribution in [0.1, 0.15) is 36.1 Å². The first-order valence-corrected chi connectivity index (χ1v) is 19.1. The van der Waals surface area contributed by atoms with Gasteiger partial charge >= 0.3 is 0 Å². The van der Waals surface area contributed by atoms with E-state index in [1.54, 1.807) is 0 Å². The van der Waals surface area contributed by atoms with Crippen LogP contribution in [0.15, 0.2) is 170 Å². The Hall–Kier alpha value is -6.64. The monoisotopic (exact) mass is 688 g/mol. The van der Waals surface area contributed by atoms with Crippen LogP contribution < -0.4 is 0 Å². The quantitative estimate of drug-likeness (QED) is 0.175. The van der Waals surface area contributed by atoms with Gasteiger partial charge in [-0.3, -0.25) is 0 Å². The van der Waals surface area contributed by atoms with Crippen LogP contribution in [0.4, 0.5) is 0 Å². The average molecular weight is 689 g/mol. The van der Waals surface area contributed by atoms with Gasteiger partial charge < -0.3 is 9.13 Å². The Morgan fingerprint density at radius 1 is 0.407 bits per heavy atom. The molecule has 0 atom stereocenters. The zero-order valence-electron chi connectivity index (χ0n) is 30.3. The number of hydrogen-bond acceptors (Lipinski definition) is 0. The van der Waals surface area contributed by atoms with Crippen LogP contribution in [-0.2, 0) is 11.8 Å². The lowest BCUT2D eigenvalue weighted by atomic mass is 9.82. The van der Waals surface area contributed by atoms with Crippen LogP contribution >= 0.6 is 0 Å². The van der Waals surface area contributed by atoms with Gasteiger partial charge in [-0.05, 0) is 104 Å². The highest BCUT2D eigenvalue weighted by molar-refractivity contribution is 6.14. The predicted octanol–water partition coefficient (Wildman–Crippen LogP) is 13.4. The number of para-hydroxylation sites is 2. The van der Waals surface area contributed by atoms with Crippen molar-refractivity contribution in [3.05, 3.63) is 192 Å². The van der Waals surface area contributed by atoms with Crippen LogP contribution in [0.25, 0.3) is 88.4 Å². The van der Waals surface area contributed by atoms with Crippen molar-refractivity contribution in [3.63, 3.8) is 0 Å². The van der Waals surface area contributed by atoms with Crippen molar-refractivity contribution >= 4 is 43.6 Å². The van der Waals surface area contributed by atoms with Crippen LogP contribution in [0, 0.1) is 0 Å². The first kappa shape index (κ1) is 29.9. The van der Waals surface area contributed by atoms with Crippen molar-refractivity contribution in [2.45, 2.75) is 25.7 Å². The van der Waals surface area contributed by atoms with E-state index in [0.717, 1.165) is 6.42 Å². The number of nitrogens with zero attached hydrogens (tertiary/aromatic N) is 2. The molecule has 8 aromatic carbocycles. The predicted molar refractivity (Wildman–Crippen MR) is 226 cm³/mol. The first-order chi connectivity index (χ1) is 26.5. The van der Waals surface area contributed by atoms with Gasteiger partial charge in [0.1, 0.15) is 0 Å². The molecule has 254 valence electrons. The molecule has 0 N–H and O–H groups in total. The summed E-state index contributed by atoms with van der Waals surface area (Å²) in [5.74, 6) is 0. The molecule has 10 aromatic rings. The van der Waals surface area contributed by atoms with Crippen LogP contribution in [0.3, 0.4) is 0 Å². The van der Waals surface area contributed by atoms with Gasteiger partial charge in [-0.2, -0.15) is 0 Å². The molecule has 2 aliphatic carbocycles. The van der Waals surface area contributed by atoms with Crippen molar-refractivity contribution in [2.75, 3.05) is 0 Å². The Kier molecular flexibility index (Phi) is 5.93. The summed E-state index contributed by atoms with van der Waals surface area (Å²) in [5.41, 5.74) is 20.9. The molecular weight excluding hydrogens is 653 g/mol. The maximum absolute atomic E-state index is 2.56. The van der Waals surface area contributed by atoms with Crippen LogP contribution in [0.2, 0.25) is 0 Å². The van der Waals surface area contributed by atoms with Crippen LogP contribution in [0.5, 0.6) is 0 Å². The lowest BCUT2D eigenvalue weighted by Gasteiger charge is -2.22. The van der Waals surface area contributed by atoms with Gasteiger partial charge in [-0.1, -0.05) is 135 Å². The minimum absolute atomic E-state index is 0.0720. The first-order valence-electron chi connectivity index (χ1n) is 19.1. The summed E-state index contributed by atoms with van der Waals surface area (Å²) < 4.78 is 4.95. The van der Waals surface area contributed by atoms with Gasteiger partial charge in [0.25, 0.3) is 0 Å². The van der Waals surface area contributed by atoms with Gasteiger partial charge in [0.05, 0.1) is 22.1 Å². The van der Waals surface area contributed by atoms with E-state index in [1.807, 2.05) is 0 Å². The van der Waals surface area contributed by atoms with Gasteiger partial charge in [-0.25, -0.2) is 0 Å². The van der Waals surface area contributed by atoms with E-state index < -0.39 is 0 Å². The number of fused-ring (bicyclic) bond motifs is 13. The summed E-state index contributed by atoms with van der Waals surface area (Å²) >= 11 is 0. The minimum Gasteiger partial charge on any atom is -0.309 e. The van der Waals surface area contributed by atoms with Crippen molar-refractivity contribution in [3.8, 4) is 44.8 Å². The molecule has 2 nitrogen and oxygen atoms in total. The fourth-order valence-corrected chi connectivity index (χ4v) is 10.0. The van der Waals surface area contributed by atoms with Gasteiger partial charge in [0.2, 0.25) is 0 Å². The number of benzene rings is 8.